The number of benzene rings is 1. The molecule has 0 fully saturated rings. The molecule has 0 aromatic heterocycles. The lowest BCUT2D eigenvalue weighted by atomic mass is 10.1. The van der Waals surface area contributed by atoms with Gasteiger partial charge in [0.15, 0.2) is 0 Å². The largest absolute Gasteiger partial charge is 0.545 e. The second-order valence-corrected chi connectivity index (χ2v) is 8.41. The number of aromatic carboxylic acids is 1. The second kappa shape index (κ2) is 13.2. The first-order chi connectivity index (χ1) is 11.6. The minimum absolute atomic E-state index is 0.204. The SMILES string of the molecule is CCCCCCCCCCCCOc1c(I)cc(C(=O)[O-])cc1I. The van der Waals surface area contributed by atoms with E-state index >= 15 is 0 Å². The first-order valence-electron chi connectivity index (χ1n) is 8.89. The van der Waals surface area contributed by atoms with Gasteiger partial charge in [0.25, 0.3) is 0 Å². The number of rotatable bonds is 13. The van der Waals surface area contributed by atoms with Gasteiger partial charge >= 0.3 is 0 Å². The highest BCUT2D eigenvalue weighted by Crippen LogP contribution is 2.29. The molecule has 0 aliphatic rings. The Morgan fingerprint density at radius 2 is 1.38 bits per heavy atom. The molecule has 24 heavy (non-hydrogen) atoms. The van der Waals surface area contributed by atoms with E-state index in [4.69, 9.17) is 4.74 Å². The Morgan fingerprint density at radius 3 is 1.83 bits per heavy atom. The predicted molar refractivity (Wildman–Crippen MR) is 114 cm³/mol. The quantitative estimate of drug-likeness (QED) is 0.236. The van der Waals surface area contributed by atoms with Gasteiger partial charge in [0.1, 0.15) is 5.75 Å². The van der Waals surface area contributed by atoms with Crippen LogP contribution in [0.3, 0.4) is 0 Å². The average molecular weight is 557 g/mol. The first kappa shape index (κ1) is 22.0. The molecule has 3 nitrogen and oxygen atoms in total. The third-order valence-electron chi connectivity index (χ3n) is 3.98. The smallest absolute Gasteiger partial charge is 0.145 e. The summed E-state index contributed by atoms with van der Waals surface area (Å²) in [6.07, 6.45) is 13.0. The van der Waals surface area contributed by atoms with Gasteiger partial charge in [-0.2, -0.15) is 0 Å². The molecule has 0 saturated carbocycles. The Kier molecular flexibility index (Phi) is 12.1. The van der Waals surface area contributed by atoms with Crippen LogP contribution in [0.5, 0.6) is 5.75 Å². The molecule has 0 saturated heterocycles. The molecule has 0 heterocycles. The fraction of sp³-hybridized carbons (Fsp3) is 0.632. The van der Waals surface area contributed by atoms with Gasteiger partial charge in [0.2, 0.25) is 0 Å². The molecule has 0 N–H and O–H groups in total. The molecular formula is C19H27I2O3-. The van der Waals surface area contributed by atoms with Gasteiger partial charge in [-0.05, 0) is 69.3 Å². The molecule has 0 aliphatic heterocycles. The lowest BCUT2D eigenvalue weighted by Gasteiger charge is -2.12. The van der Waals surface area contributed by atoms with Crippen molar-refractivity contribution >= 4 is 51.2 Å². The van der Waals surface area contributed by atoms with Crippen LogP contribution in [0.15, 0.2) is 12.1 Å². The van der Waals surface area contributed by atoms with E-state index in [9.17, 15) is 9.90 Å². The Bertz CT molecular complexity index is 480. The summed E-state index contributed by atoms with van der Waals surface area (Å²) in [4.78, 5) is 10.9. The Balaban J connectivity index is 2.14. The molecule has 0 bridgehead atoms. The number of ether oxygens (including phenoxy) is 1. The van der Waals surface area contributed by atoms with Crippen molar-refractivity contribution in [3.8, 4) is 5.75 Å². The Morgan fingerprint density at radius 1 is 0.917 bits per heavy atom. The number of carboxylic acids is 1. The summed E-state index contributed by atoms with van der Waals surface area (Å²) < 4.78 is 7.50. The summed E-state index contributed by atoms with van der Waals surface area (Å²) in [6, 6.07) is 3.21. The molecule has 0 amide bonds. The van der Waals surface area contributed by atoms with Crippen molar-refractivity contribution in [2.45, 2.75) is 71.1 Å². The first-order valence-corrected chi connectivity index (χ1v) is 11.0. The average Bonchev–Trinajstić information content (AvgIpc) is 2.54. The molecule has 1 rings (SSSR count). The van der Waals surface area contributed by atoms with Crippen molar-refractivity contribution in [2.75, 3.05) is 6.61 Å². The van der Waals surface area contributed by atoms with Crippen LogP contribution in [0.4, 0.5) is 0 Å². The zero-order valence-electron chi connectivity index (χ0n) is 14.4. The van der Waals surface area contributed by atoms with Gasteiger partial charge in [-0.1, -0.05) is 64.7 Å². The fourth-order valence-electron chi connectivity index (χ4n) is 2.58. The molecule has 0 unspecified atom stereocenters. The Hall–Kier alpha value is -0.0500. The van der Waals surface area contributed by atoms with E-state index in [-0.39, 0.29) is 5.56 Å². The molecule has 0 radical (unpaired) electrons. The zero-order chi connectivity index (χ0) is 17.8. The molecule has 136 valence electrons. The van der Waals surface area contributed by atoms with E-state index in [1.54, 1.807) is 12.1 Å². The van der Waals surface area contributed by atoms with Crippen molar-refractivity contribution in [3.63, 3.8) is 0 Å². The summed E-state index contributed by atoms with van der Waals surface area (Å²) in [5.74, 6) is -0.357. The van der Waals surface area contributed by atoms with Crippen LogP contribution in [0.2, 0.25) is 0 Å². The maximum absolute atomic E-state index is 10.9. The lowest BCUT2D eigenvalue weighted by Crippen LogP contribution is -2.22. The highest BCUT2D eigenvalue weighted by atomic mass is 127. The molecule has 0 spiro atoms. The maximum Gasteiger partial charge on any atom is 0.145 e. The van der Waals surface area contributed by atoms with Gasteiger partial charge in [-0.3, -0.25) is 0 Å². The minimum Gasteiger partial charge on any atom is -0.545 e. The Labute approximate surface area is 173 Å². The van der Waals surface area contributed by atoms with E-state index in [1.807, 2.05) is 0 Å². The van der Waals surface area contributed by atoms with E-state index < -0.39 is 5.97 Å². The normalized spacial score (nSPS) is 10.8. The highest BCUT2D eigenvalue weighted by Gasteiger charge is 2.09. The van der Waals surface area contributed by atoms with Crippen molar-refractivity contribution < 1.29 is 14.6 Å². The number of unbranched alkanes of at least 4 members (excludes halogenated alkanes) is 9. The van der Waals surface area contributed by atoms with E-state index in [0.29, 0.717) is 6.61 Å². The summed E-state index contributed by atoms with van der Waals surface area (Å²) in [5.41, 5.74) is 0.204. The highest BCUT2D eigenvalue weighted by molar-refractivity contribution is 14.1. The van der Waals surface area contributed by atoms with Gasteiger partial charge in [0.05, 0.1) is 19.7 Å². The van der Waals surface area contributed by atoms with E-state index in [2.05, 4.69) is 52.1 Å². The fourth-order valence-corrected chi connectivity index (χ4v) is 4.66. The van der Waals surface area contributed by atoms with Crippen LogP contribution in [0, 0.1) is 7.14 Å². The summed E-state index contributed by atoms with van der Waals surface area (Å²) in [6.45, 7) is 2.94. The van der Waals surface area contributed by atoms with Crippen LogP contribution in [0.25, 0.3) is 0 Å². The topological polar surface area (TPSA) is 49.4 Å². The molecule has 5 heteroatoms. The number of carbonyl (C=O) groups excluding carboxylic acids is 1. The summed E-state index contributed by atoms with van der Waals surface area (Å²) in [5, 5.41) is 10.9. The van der Waals surface area contributed by atoms with Crippen LogP contribution in [0.1, 0.15) is 81.5 Å². The lowest BCUT2D eigenvalue weighted by molar-refractivity contribution is -0.255. The number of carbonyl (C=O) groups is 1. The monoisotopic (exact) mass is 557 g/mol. The van der Waals surface area contributed by atoms with E-state index in [1.165, 1.54) is 57.8 Å². The van der Waals surface area contributed by atoms with Crippen LogP contribution in [-0.4, -0.2) is 12.6 Å². The third kappa shape index (κ3) is 8.87. The molecule has 1 aromatic rings. The molecule has 1 aromatic carbocycles. The van der Waals surface area contributed by atoms with E-state index in [0.717, 1.165) is 19.3 Å². The van der Waals surface area contributed by atoms with Gasteiger partial charge in [0, 0.05) is 0 Å². The zero-order valence-corrected chi connectivity index (χ0v) is 18.7. The van der Waals surface area contributed by atoms with Gasteiger partial charge in [-0.15, -0.1) is 0 Å². The van der Waals surface area contributed by atoms with Gasteiger partial charge < -0.3 is 14.6 Å². The van der Waals surface area contributed by atoms with Gasteiger partial charge in [-0.25, -0.2) is 0 Å². The van der Waals surface area contributed by atoms with Crippen LogP contribution >= 0.6 is 45.2 Å². The van der Waals surface area contributed by atoms with Crippen LogP contribution in [-0.2, 0) is 0 Å². The predicted octanol–water partition coefficient (Wildman–Crippen LogP) is 5.56. The second-order valence-electron chi connectivity index (χ2n) is 6.09. The number of carboxylic acid groups (broad SMARTS) is 1. The molecule has 0 atom stereocenters. The molecule has 0 aliphatic carbocycles. The number of halogens is 2. The van der Waals surface area contributed by atoms with Crippen LogP contribution < -0.4 is 9.84 Å². The number of hydrogen-bond acceptors (Lipinski definition) is 3. The maximum atomic E-state index is 10.9. The summed E-state index contributed by atoms with van der Waals surface area (Å²) >= 11 is 4.23. The third-order valence-corrected chi connectivity index (χ3v) is 5.58. The summed E-state index contributed by atoms with van der Waals surface area (Å²) in [7, 11) is 0. The standard InChI is InChI=1S/C19H28I2O3/c1-2-3-4-5-6-7-8-9-10-11-12-24-18-16(20)13-15(19(22)23)14-17(18)21/h13-14H,2-12H2,1H3,(H,22,23)/p-1. The number of hydrogen-bond donors (Lipinski definition) is 0. The minimum atomic E-state index is -1.15. The van der Waals surface area contributed by atoms with Crippen molar-refractivity contribution in [2.24, 2.45) is 0 Å². The van der Waals surface area contributed by atoms with Crippen molar-refractivity contribution in [3.05, 3.63) is 24.8 Å². The van der Waals surface area contributed by atoms with Crippen molar-refractivity contribution in [1.82, 2.24) is 0 Å². The van der Waals surface area contributed by atoms with Crippen molar-refractivity contribution in [1.29, 1.82) is 0 Å². The molecular weight excluding hydrogens is 530 g/mol.